The van der Waals surface area contributed by atoms with Gasteiger partial charge in [-0.1, -0.05) is 15.9 Å². The Morgan fingerprint density at radius 2 is 2.22 bits per heavy atom. The number of halogens is 3. The Morgan fingerprint density at radius 3 is 2.89 bits per heavy atom. The lowest BCUT2D eigenvalue weighted by atomic mass is 10.3. The first-order valence-corrected chi connectivity index (χ1v) is 6.44. The van der Waals surface area contributed by atoms with Crippen LogP contribution in [0.25, 0.3) is 0 Å². The number of benzene rings is 1. The normalized spacial score (nSPS) is 10.4. The zero-order valence-corrected chi connectivity index (χ0v) is 11.8. The van der Waals surface area contributed by atoms with Gasteiger partial charge in [-0.3, -0.25) is 0 Å². The average molecular weight is 332 g/mol. The van der Waals surface area contributed by atoms with Gasteiger partial charge < -0.3 is 4.74 Å². The molecule has 0 atom stereocenters. The van der Waals surface area contributed by atoms with Crippen molar-refractivity contribution in [1.29, 1.82) is 0 Å². The Bertz CT molecular complexity index is 580. The Labute approximate surface area is 117 Å². The maximum absolute atomic E-state index is 13.5. The molecule has 0 bridgehead atoms. The number of aryl methyl sites for hydroxylation is 1. The fraction of sp³-hybridized carbons (Fsp3) is 0.167. The van der Waals surface area contributed by atoms with E-state index in [1.54, 1.807) is 19.2 Å². The molecule has 2 aromatic rings. The zero-order valence-electron chi connectivity index (χ0n) is 9.45. The van der Waals surface area contributed by atoms with Crippen molar-refractivity contribution < 1.29 is 9.13 Å². The highest BCUT2D eigenvalue weighted by Crippen LogP contribution is 2.26. The molecular weight excluding hydrogens is 322 g/mol. The van der Waals surface area contributed by atoms with Crippen molar-refractivity contribution in [1.82, 2.24) is 9.97 Å². The van der Waals surface area contributed by atoms with E-state index in [2.05, 4.69) is 25.9 Å². The first-order valence-electron chi connectivity index (χ1n) is 5.11. The largest absolute Gasteiger partial charge is 0.421 e. The number of hydrogen-bond acceptors (Lipinski definition) is 3. The summed E-state index contributed by atoms with van der Waals surface area (Å²) in [5.74, 6) is -0.0690. The minimum atomic E-state index is -0.471. The average Bonchev–Trinajstić information content (AvgIpc) is 2.34. The van der Waals surface area contributed by atoms with E-state index >= 15 is 0 Å². The van der Waals surface area contributed by atoms with Crippen LogP contribution < -0.4 is 4.74 Å². The number of aromatic nitrogens is 2. The van der Waals surface area contributed by atoms with Gasteiger partial charge in [-0.05, 0) is 25.1 Å². The van der Waals surface area contributed by atoms with E-state index < -0.39 is 5.82 Å². The molecule has 1 aromatic carbocycles. The van der Waals surface area contributed by atoms with E-state index in [1.807, 2.05) is 0 Å². The van der Waals surface area contributed by atoms with E-state index in [9.17, 15) is 4.39 Å². The Morgan fingerprint density at radius 1 is 1.44 bits per heavy atom. The monoisotopic (exact) mass is 330 g/mol. The number of alkyl halides is 1. The van der Waals surface area contributed by atoms with Crippen molar-refractivity contribution in [2.45, 2.75) is 12.8 Å². The molecule has 0 unspecified atom stereocenters. The number of rotatable bonds is 3. The van der Waals surface area contributed by atoms with E-state index in [0.717, 1.165) is 5.56 Å². The van der Waals surface area contributed by atoms with Gasteiger partial charge in [0.25, 0.3) is 0 Å². The fourth-order valence-corrected chi connectivity index (χ4v) is 1.91. The van der Waals surface area contributed by atoms with E-state index in [4.69, 9.17) is 16.3 Å². The molecule has 18 heavy (non-hydrogen) atoms. The van der Waals surface area contributed by atoms with Crippen LogP contribution in [0, 0.1) is 12.7 Å². The highest BCUT2D eigenvalue weighted by molar-refractivity contribution is 9.10. The van der Waals surface area contributed by atoms with Gasteiger partial charge in [-0.2, -0.15) is 4.98 Å². The second-order valence-corrected chi connectivity index (χ2v) is 4.76. The molecule has 0 saturated heterocycles. The lowest BCUT2D eigenvalue weighted by Crippen LogP contribution is -1.98. The first-order chi connectivity index (χ1) is 8.60. The molecule has 0 radical (unpaired) electrons. The molecule has 0 aliphatic carbocycles. The van der Waals surface area contributed by atoms with Gasteiger partial charge in [0.15, 0.2) is 11.6 Å². The predicted octanol–water partition coefficient (Wildman–Crippen LogP) is 4.22. The Hall–Kier alpha value is -1.20. The number of ether oxygens (including phenoxy) is 1. The van der Waals surface area contributed by atoms with E-state index in [-0.39, 0.29) is 11.8 Å². The lowest BCUT2D eigenvalue weighted by molar-refractivity contribution is 0.409. The molecule has 0 aliphatic heterocycles. The first kappa shape index (κ1) is 13.2. The Balaban J connectivity index is 2.28. The number of hydrogen-bond donors (Lipinski definition) is 0. The van der Waals surface area contributed by atoms with Crippen molar-refractivity contribution in [3.05, 3.63) is 45.9 Å². The summed E-state index contributed by atoms with van der Waals surface area (Å²) in [6, 6.07) is 4.51. The SMILES string of the molecule is Cc1nc(Oc2cc(Br)ccc2F)ncc1CCl. The van der Waals surface area contributed by atoms with Crippen LogP contribution in [-0.2, 0) is 5.88 Å². The molecule has 1 heterocycles. The predicted molar refractivity (Wildman–Crippen MR) is 70.5 cm³/mol. The summed E-state index contributed by atoms with van der Waals surface area (Å²) in [4.78, 5) is 8.09. The summed E-state index contributed by atoms with van der Waals surface area (Å²) in [7, 11) is 0. The van der Waals surface area contributed by atoms with E-state index in [1.165, 1.54) is 12.1 Å². The molecule has 0 spiro atoms. The maximum atomic E-state index is 13.5. The molecule has 0 aliphatic rings. The molecule has 1 aromatic heterocycles. The summed E-state index contributed by atoms with van der Waals surface area (Å²) in [6.07, 6.45) is 1.57. The van der Waals surface area contributed by atoms with Crippen LogP contribution in [0.5, 0.6) is 11.8 Å². The van der Waals surface area contributed by atoms with Crippen LogP contribution in [0.2, 0.25) is 0 Å². The van der Waals surface area contributed by atoms with Crippen LogP contribution >= 0.6 is 27.5 Å². The Kier molecular flexibility index (Phi) is 4.14. The third-order valence-electron chi connectivity index (χ3n) is 2.30. The molecule has 6 heteroatoms. The van der Waals surface area contributed by atoms with E-state index in [0.29, 0.717) is 16.0 Å². The maximum Gasteiger partial charge on any atom is 0.322 e. The van der Waals surface area contributed by atoms with Crippen molar-refractivity contribution >= 4 is 27.5 Å². The summed E-state index contributed by atoms with van der Waals surface area (Å²) in [5.41, 5.74) is 1.53. The molecule has 94 valence electrons. The minimum absolute atomic E-state index is 0.0717. The van der Waals surface area contributed by atoms with Crippen LogP contribution in [0.4, 0.5) is 4.39 Å². The van der Waals surface area contributed by atoms with Crippen LogP contribution in [0.15, 0.2) is 28.9 Å². The van der Waals surface area contributed by atoms with Crippen LogP contribution in [0.3, 0.4) is 0 Å². The van der Waals surface area contributed by atoms with Crippen LogP contribution in [-0.4, -0.2) is 9.97 Å². The lowest BCUT2D eigenvalue weighted by Gasteiger charge is -2.07. The molecule has 2 rings (SSSR count). The van der Waals surface area contributed by atoms with Crippen molar-refractivity contribution in [2.24, 2.45) is 0 Å². The molecular formula is C12H9BrClFN2O. The molecule has 0 fully saturated rings. The number of nitrogens with zero attached hydrogens (tertiary/aromatic N) is 2. The highest BCUT2D eigenvalue weighted by Gasteiger charge is 2.09. The molecule has 3 nitrogen and oxygen atoms in total. The zero-order chi connectivity index (χ0) is 13.1. The summed E-state index contributed by atoms with van der Waals surface area (Å²) >= 11 is 8.95. The van der Waals surface area contributed by atoms with Crippen molar-refractivity contribution in [3.63, 3.8) is 0 Å². The van der Waals surface area contributed by atoms with Gasteiger partial charge >= 0.3 is 6.01 Å². The van der Waals surface area contributed by atoms with Crippen molar-refractivity contribution in [2.75, 3.05) is 0 Å². The summed E-state index contributed by atoms with van der Waals surface area (Å²) in [6.45, 7) is 1.80. The van der Waals surface area contributed by atoms with Gasteiger partial charge in [0.1, 0.15) is 0 Å². The van der Waals surface area contributed by atoms with Gasteiger partial charge in [0.05, 0.1) is 5.88 Å². The third-order valence-corrected chi connectivity index (χ3v) is 3.08. The summed E-state index contributed by atoms with van der Waals surface area (Å²) < 4.78 is 19.5. The fourth-order valence-electron chi connectivity index (χ4n) is 1.30. The molecule has 0 amide bonds. The van der Waals surface area contributed by atoms with Gasteiger partial charge in [-0.25, -0.2) is 9.37 Å². The van der Waals surface area contributed by atoms with Gasteiger partial charge in [0, 0.05) is 21.9 Å². The second-order valence-electron chi connectivity index (χ2n) is 3.57. The highest BCUT2D eigenvalue weighted by atomic mass is 79.9. The molecule has 0 saturated carbocycles. The third kappa shape index (κ3) is 2.97. The van der Waals surface area contributed by atoms with Gasteiger partial charge in [0.2, 0.25) is 0 Å². The smallest absolute Gasteiger partial charge is 0.322 e. The van der Waals surface area contributed by atoms with Crippen molar-refractivity contribution in [3.8, 4) is 11.8 Å². The van der Waals surface area contributed by atoms with Crippen LogP contribution in [0.1, 0.15) is 11.3 Å². The molecule has 0 N–H and O–H groups in total. The second kappa shape index (κ2) is 5.63. The quantitative estimate of drug-likeness (QED) is 0.790. The summed E-state index contributed by atoms with van der Waals surface area (Å²) in [5, 5.41) is 0. The minimum Gasteiger partial charge on any atom is -0.421 e. The van der Waals surface area contributed by atoms with Gasteiger partial charge in [-0.15, -0.1) is 11.6 Å². The standard InChI is InChI=1S/C12H9BrClFN2O/c1-7-8(5-14)6-16-12(17-7)18-11-4-9(13)2-3-10(11)15/h2-4,6H,5H2,1H3. The topological polar surface area (TPSA) is 35.0 Å².